The molecule has 1 aliphatic heterocycles. The third-order valence-corrected chi connectivity index (χ3v) is 2.32. The van der Waals surface area contributed by atoms with Crippen molar-refractivity contribution < 1.29 is 9.53 Å². The fraction of sp³-hybridized carbons (Fsp3) is 0.273. The second kappa shape index (κ2) is 3.73. The summed E-state index contributed by atoms with van der Waals surface area (Å²) in [7, 11) is 1.58. The van der Waals surface area contributed by atoms with Crippen LogP contribution in [-0.4, -0.2) is 24.5 Å². The van der Waals surface area contributed by atoms with E-state index < -0.39 is 0 Å². The average Bonchev–Trinajstić information content (AvgIpc) is 2.58. The van der Waals surface area contributed by atoms with Crippen LogP contribution in [0.1, 0.15) is 6.42 Å². The van der Waals surface area contributed by atoms with Gasteiger partial charge in [0.15, 0.2) is 0 Å². The summed E-state index contributed by atoms with van der Waals surface area (Å²) in [6.07, 6.45) is 2.03. The molecular weight excluding hydrogens is 192 g/mol. The van der Waals surface area contributed by atoms with Gasteiger partial charge in [-0.3, -0.25) is 9.69 Å². The van der Waals surface area contributed by atoms with Gasteiger partial charge in [-0.2, -0.15) is 0 Å². The normalized spacial score (nSPS) is 15.9. The first kappa shape index (κ1) is 9.71. The van der Waals surface area contributed by atoms with Crippen LogP contribution in [0.5, 0.6) is 5.75 Å². The number of amides is 1. The van der Waals surface area contributed by atoms with E-state index in [9.17, 15) is 4.79 Å². The predicted molar refractivity (Wildman–Crippen MR) is 56.9 cm³/mol. The fourth-order valence-corrected chi connectivity index (χ4v) is 1.54. The third kappa shape index (κ3) is 1.83. The lowest BCUT2D eigenvalue weighted by Gasteiger charge is -2.13. The summed E-state index contributed by atoms with van der Waals surface area (Å²) in [6.45, 7) is 4.37. The molecule has 0 radical (unpaired) electrons. The maximum absolute atomic E-state index is 11.5. The number of aromatic nitrogens is 1. The van der Waals surface area contributed by atoms with Gasteiger partial charge in [0, 0.05) is 13.0 Å². The van der Waals surface area contributed by atoms with Crippen LogP contribution in [0.15, 0.2) is 30.5 Å². The van der Waals surface area contributed by atoms with Crippen LogP contribution in [0.25, 0.3) is 0 Å². The van der Waals surface area contributed by atoms with Crippen LogP contribution in [-0.2, 0) is 4.79 Å². The number of carbonyl (C=O) groups is 1. The molecule has 4 nitrogen and oxygen atoms in total. The lowest BCUT2D eigenvalue weighted by atomic mass is 10.3. The third-order valence-electron chi connectivity index (χ3n) is 2.32. The Balaban J connectivity index is 2.22. The Morgan fingerprint density at radius 1 is 1.53 bits per heavy atom. The molecule has 1 aromatic rings. The Morgan fingerprint density at radius 3 is 2.80 bits per heavy atom. The Morgan fingerprint density at radius 2 is 2.33 bits per heavy atom. The van der Waals surface area contributed by atoms with E-state index in [4.69, 9.17) is 4.74 Å². The number of hydrogen-bond acceptors (Lipinski definition) is 3. The lowest BCUT2D eigenvalue weighted by Crippen LogP contribution is -2.24. The molecule has 15 heavy (non-hydrogen) atoms. The van der Waals surface area contributed by atoms with Crippen molar-refractivity contribution in [1.82, 2.24) is 4.98 Å². The molecule has 78 valence electrons. The number of pyridine rings is 1. The minimum atomic E-state index is 0.0534. The highest BCUT2D eigenvalue weighted by Gasteiger charge is 2.25. The van der Waals surface area contributed by atoms with Crippen molar-refractivity contribution in [2.45, 2.75) is 6.42 Å². The molecule has 0 atom stereocenters. The fourth-order valence-electron chi connectivity index (χ4n) is 1.54. The van der Waals surface area contributed by atoms with Crippen molar-refractivity contribution in [2.75, 3.05) is 18.6 Å². The maximum Gasteiger partial charge on any atom is 0.232 e. The number of rotatable bonds is 2. The quantitative estimate of drug-likeness (QED) is 0.683. The highest BCUT2D eigenvalue weighted by atomic mass is 16.5. The molecule has 2 rings (SSSR count). The van der Waals surface area contributed by atoms with Gasteiger partial charge in [0.05, 0.1) is 13.3 Å². The van der Waals surface area contributed by atoms with Gasteiger partial charge in [-0.25, -0.2) is 4.98 Å². The summed E-state index contributed by atoms with van der Waals surface area (Å²) in [5.41, 5.74) is 0.928. The van der Waals surface area contributed by atoms with E-state index in [2.05, 4.69) is 11.6 Å². The standard InChI is InChI=1S/C11H12N2O2/c1-8-5-11(14)13(7-8)10-4-3-9(15-2)6-12-10/h3-4,6H,1,5,7H2,2H3. The first-order chi connectivity index (χ1) is 7.20. The largest absolute Gasteiger partial charge is 0.495 e. The summed E-state index contributed by atoms with van der Waals surface area (Å²) in [5.74, 6) is 1.39. The summed E-state index contributed by atoms with van der Waals surface area (Å²) in [5, 5.41) is 0. The van der Waals surface area contributed by atoms with Crippen molar-refractivity contribution in [3.05, 3.63) is 30.5 Å². The monoisotopic (exact) mass is 204 g/mol. The van der Waals surface area contributed by atoms with E-state index in [1.54, 1.807) is 30.3 Å². The van der Waals surface area contributed by atoms with E-state index in [1.165, 1.54) is 0 Å². The van der Waals surface area contributed by atoms with Crippen molar-refractivity contribution in [3.63, 3.8) is 0 Å². The van der Waals surface area contributed by atoms with Crippen LogP contribution in [0.3, 0.4) is 0 Å². The number of hydrogen-bond donors (Lipinski definition) is 0. The highest BCUT2D eigenvalue weighted by Crippen LogP contribution is 2.22. The van der Waals surface area contributed by atoms with E-state index >= 15 is 0 Å². The van der Waals surface area contributed by atoms with Gasteiger partial charge >= 0.3 is 0 Å². The number of carbonyl (C=O) groups excluding carboxylic acids is 1. The van der Waals surface area contributed by atoms with E-state index in [1.807, 2.05) is 0 Å². The van der Waals surface area contributed by atoms with Gasteiger partial charge in [0.2, 0.25) is 5.91 Å². The van der Waals surface area contributed by atoms with Gasteiger partial charge in [0.1, 0.15) is 11.6 Å². The molecule has 0 aliphatic carbocycles. The molecule has 0 aromatic carbocycles. The van der Waals surface area contributed by atoms with Gasteiger partial charge in [-0.05, 0) is 17.7 Å². The van der Waals surface area contributed by atoms with Gasteiger partial charge < -0.3 is 4.74 Å². The maximum atomic E-state index is 11.5. The molecule has 1 saturated heterocycles. The number of nitrogens with zero attached hydrogens (tertiary/aromatic N) is 2. The summed E-state index contributed by atoms with van der Waals surface area (Å²) in [4.78, 5) is 17.3. The average molecular weight is 204 g/mol. The zero-order chi connectivity index (χ0) is 10.8. The molecule has 1 aromatic heterocycles. The Bertz CT molecular complexity index is 398. The summed E-state index contributed by atoms with van der Waals surface area (Å²) >= 11 is 0. The van der Waals surface area contributed by atoms with Gasteiger partial charge in [0.25, 0.3) is 0 Å². The molecule has 0 saturated carbocycles. The number of ether oxygens (including phenoxy) is 1. The zero-order valence-corrected chi connectivity index (χ0v) is 8.56. The van der Waals surface area contributed by atoms with Crippen LogP contribution >= 0.6 is 0 Å². The number of methoxy groups -OCH3 is 1. The first-order valence-electron chi connectivity index (χ1n) is 4.68. The van der Waals surface area contributed by atoms with E-state index in [-0.39, 0.29) is 5.91 Å². The van der Waals surface area contributed by atoms with Crippen molar-refractivity contribution in [2.24, 2.45) is 0 Å². The molecule has 0 unspecified atom stereocenters. The van der Waals surface area contributed by atoms with Crippen molar-refractivity contribution in [3.8, 4) is 5.75 Å². The van der Waals surface area contributed by atoms with Crippen LogP contribution in [0.4, 0.5) is 5.82 Å². The molecule has 0 N–H and O–H groups in total. The summed E-state index contributed by atoms with van der Waals surface area (Å²) in [6, 6.07) is 3.56. The molecule has 0 spiro atoms. The van der Waals surface area contributed by atoms with Gasteiger partial charge in [-0.1, -0.05) is 6.58 Å². The summed E-state index contributed by atoms with van der Waals surface area (Å²) < 4.78 is 5.00. The van der Waals surface area contributed by atoms with Gasteiger partial charge in [-0.15, -0.1) is 0 Å². The SMILES string of the molecule is C=C1CC(=O)N(c2ccc(OC)cn2)C1. The molecule has 1 fully saturated rings. The molecule has 2 heterocycles. The Kier molecular flexibility index (Phi) is 2.41. The Hall–Kier alpha value is -1.84. The first-order valence-corrected chi connectivity index (χ1v) is 4.68. The minimum Gasteiger partial charge on any atom is -0.495 e. The second-order valence-electron chi connectivity index (χ2n) is 3.46. The van der Waals surface area contributed by atoms with E-state index in [0.717, 1.165) is 5.57 Å². The van der Waals surface area contributed by atoms with Crippen LogP contribution in [0.2, 0.25) is 0 Å². The zero-order valence-electron chi connectivity index (χ0n) is 8.56. The number of anilines is 1. The van der Waals surface area contributed by atoms with Crippen LogP contribution in [0, 0.1) is 0 Å². The van der Waals surface area contributed by atoms with E-state index in [0.29, 0.717) is 24.5 Å². The topological polar surface area (TPSA) is 42.4 Å². The lowest BCUT2D eigenvalue weighted by molar-refractivity contribution is -0.116. The smallest absolute Gasteiger partial charge is 0.232 e. The predicted octanol–water partition coefficient (Wildman–Crippen LogP) is 1.38. The van der Waals surface area contributed by atoms with Crippen molar-refractivity contribution in [1.29, 1.82) is 0 Å². The molecule has 1 amide bonds. The molecule has 1 aliphatic rings. The van der Waals surface area contributed by atoms with Crippen LogP contribution < -0.4 is 9.64 Å². The Labute approximate surface area is 88.2 Å². The minimum absolute atomic E-state index is 0.0534. The molecule has 0 bridgehead atoms. The second-order valence-corrected chi connectivity index (χ2v) is 3.46. The molecular formula is C11H12N2O2. The van der Waals surface area contributed by atoms with Crippen molar-refractivity contribution >= 4 is 11.7 Å². The highest BCUT2D eigenvalue weighted by molar-refractivity contribution is 5.97. The molecule has 4 heteroatoms.